The van der Waals surface area contributed by atoms with Crippen LogP contribution in [-0.4, -0.2) is 40.4 Å². The van der Waals surface area contributed by atoms with Crippen molar-refractivity contribution < 1.29 is 13.9 Å². The van der Waals surface area contributed by atoms with E-state index in [9.17, 15) is 9.18 Å². The zero-order valence-electron chi connectivity index (χ0n) is 21.7. The molecule has 2 aromatic heterocycles. The molecule has 0 saturated heterocycles. The van der Waals surface area contributed by atoms with Crippen molar-refractivity contribution in [2.75, 3.05) is 25.3 Å². The van der Waals surface area contributed by atoms with Crippen LogP contribution in [0.15, 0.2) is 72.0 Å². The number of anilines is 1. The van der Waals surface area contributed by atoms with Crippen LogP contribution in [0.25, 0.3) is 22.5 Å². The van der Waals surface area contributed by atoms with Crippen molar-refractivity contribution in [3.8, 4) is 22.5 Å². The highest BCUT2D eigenvalue weighted by Crippen LogP contribution is 2.36. The molecular weight excluding hydrogens is 487 g/mol. The first-order valence-corrected chi connectivity index (χ1v) is 13.2. The van der Waals surface area contributed by atoms with Gasteiger partial charge in [0.05, 0.1) is 18.0 Å². The molecule has 0 spiro atoms. The number of carbonyl (C=O) groups excluding carboxylic acids is 1. The van der Waals surface area contributed by atoms with Gasteiger partial charge in [0.2, 0.25) is 0 Å². The number of benzene rings is 2. The smallest absolute Gasteiger partial charge is 0.256 e. The molecule has 0 saturated carbocycles. The summed E-state index contributed by atoms with van der Waals surface area (Å²) in [6.45, 7) is 7.49. The molecule has 4 aromatic rings. The first-order valence-electron chi connectivity index (χ1n) is 12.0. The van der Waals surface area contributed by atoms with Gasteiger partial charge in [-0.15, -0.1) is 0 Å². The van der Waals surface area contributed by atoms with Crippen LogP contribution in [0.3, 0.4) is 0 Å². The number of rotatable bonds is 8. The molecule has 0 aliphatic heterocycles. The number of imidazole rings is 1. The normalized spacial score (nSPS) is 11.5. The Hall–Kier alpha value is -3.49. The average molecular weight is 519 g/mol. The minimum absolute atomic E-state index is 0.00845. The zero-order valence-corrected chi connectivity index (χ0v) is 22.5. The third kappa shape index (κ3) is 6.09. The number of thioether (sulfide) groups is 1. The van der Waals surface area contributed by atoms with Gasteiger partial charge in [0.15, 0.2) is 5.16 Å². The molecule has 0 aliphatic carbocycles. The van der Waals surface area contributed by atoms with Crippen LogP contribution in [0.1, 0.15) is 36.7 Å². The molecule has 0 radical (unpaired) electrons. The second-order valence-corrected chi connectivity index (χ2v) is 10.4. The maximum atomic E-state index is 13.6. The standard InChI is InChI=1S/C29H31FN4O2S/c1-29(2,3)22-10-6-20(7-11-22)27(35)32-24-18-21(14-15-31-24)26-25(19-8-12-23(30)13-9-19)33-28(37-5)34(26)16-17-36-4/h6-15,18H,16-17H2,1-5H3,(H,31,32,35). The van der Waals surface area contributed by atoms with E-state index < -0.39 is 0 Å². The second kappa shape index (κ2) is 11.3. The van der Waals surface area contributed by atoms with E-state index in [2.05, 4.69) is 35.6 Å². The van der Waals surface area contributed by atoms with Crippen LogP contribution in [-0.2, 0) is 16.7 Å². The van der Waals surface area contributed by atoms with Gasteiger partial charge in [0.25, 0.3) is 5.91 Å². The zero-order chi connectivity index (χ0) is 26.6. The average Bonchev–Trinajstić information content (AvgIpc) is 3.26. The summed E-state index contributed by atoms with van der Waals surface area (Å²) >= 11 is 1.53. The number of carbonyl (C=O) groups is 1. The highest BCUT2D eigenvalue weighted by molar-refractivity contribution is 7.98. The number of nitrogens with zero attached hydrogens (tertiary/aromatic N) is 3. The molecule has 1 amide bonds. The van der Waals surface area contributed by atoms with Crippen LogP contribution < -0.4 is 5.32 Å². The molecule has 0 atom stereocenters. The molecule has 0 fully saturated rings. The fraction of sp³-hybridized carbons (Fsp3) is 0.276. The Morgan fingerprint density at radius 1 is 1.05 bits per heavy atom. The van der Waals surface area contributed by atoms with Crippen molar-refractivity contribution >= 4 is 23.5 Å². The Bertz CT molecular complexity index is 1380. The van der Waals surface area contributed by atoms with E-state index in [-0.39, 0.29) is 17.1 Å². The Morgan fingerprint density at radius 3 is 2.38 bits per heavy atom. The Balaban J connectivity index is 1.71. The summed E-state index contributed by atoms with van der Waals surface area (Å²) in [4.78, 5) is 22.2. The predicted molar refractivity (Wildman–Crippen MR) is 148 cm³/mol. The third-order valence-corrected chi connectivity index (χ3v) is 6.72. The molecule has 6 nitrogen and oxygen atoms in total. The van der Waals surface area contributed by atoms with Crippen molar-refractivity contribution in [3.05, 3.63) is 83.8 Å². The molecule has 0 bridgehead atoms. The number of hydrogen-bond acceptors (Lipinski definition) is 5. The third-order valence-electron chi connectivity index (χ3n) is 6.04. The van der Waals surface area contributed by atoms with Gasteiger partial charge in [-0.2, -0.15) is 0 Å². The highest BCUT2D eigenvalue weighted by atomic mass is 32.2. The molecule has 8 heteroatoms. The molecule has 0 aliphatic rings. The van der Waals surface area contributed by atoms with E-state index in [1.807, 2.05) is 42.7 Å². The molecule has 192 valence electrons. The first kappa shape index (κ1) is 26.6. The lowest BCUT2D eigenvalue weighted by Gasteiger charge is -2.19. The lowest BCUT2D eigenvalue weighted by atomic mass is 9.87. The molecule has 4 rings (SSSR count). The van der Waals surface area contributed by atoms with E-state index in [4.69, 9.17) is 9.72 Å². The fourth-order valence-corrected chi connectivity index (χ4v) is 4.62. The summed E-state index contributed by atoms with van der Waals surface area (Å²) in [5, 5.41) is 3.73. The predicted octanol–water partition coefficient (Wildman–Crippen LogP) is 6.67. The molecule has 2 aromatic carbocycles. The van der Waals surface area contributed by atoms with Gasteiger partial charge in [-0.25, -0.2) is 14.4 Å². The summed E-state index contributed by atoms with van der Waals surface area (Å²) in [5.41, 5.74) is 4.92. The number of nitrogens with one attached hydrogen (secondary N) is 1. The number of methoxy groups -OCH3 is 1. The van der Waals surface area contributed by atoms with Gasteiger partial charge < -0.3 is 14.6 Å². The minimum atomic E-state index is -0.307. The lowest BCUT2D eigenvalue weighted by Crippen LogP contribution is -2.15. The van der Waals surface area contributed by atoms with Crippen LogP contribution in [0.2, 0.25) is 0 Å². The van der Waals surface area contributed by atoms with Gasteiger partial charge in [-0.3, -0.25) is 4.79 Å². The number of aromatic nitrogens is 3. The number of halogens is 1. The van der Waals surface area contributed by atoms with Gasteiger partial charge in [-0.1, -0.05) is 44.7 Å². The Kier molecular flexibility index (Phi) is 8.10. The Labute approximate surface area is 221 Å². The minimum Gasteiger partial charge on any atom is -0.383 e. The number of ether oxygens (including phenoxy) is 1. The SMILES string of the molecule is COCCn1c(SC)nc(-c2ccc(F)cc2)c1-c1ccnc(NC(=O)c2ccc(C(C)(C)C)cc2)c1. The van der Waals surface area contributed by atoms with Crippen LogP contribution in [0, 0.1) is 5.82 Å². The molecule has 37 heavy (non-hydrogen) atoms. The largest absolute Gasteiger partial charge is 0.383 e. The van der Waals surface area contributed by atoms with Crippen molar-refractivity contribution in [2.24, 2.45) is 0 Å². The summed E-state index contributed by atoms with van der Waals surface area (Å²) in [5.74, 6) is -0.113. The van der Waals surface area contributed by atoms with Gasteiger partial charge in [-0.05, 0) is 65.8 Å². The lowest BCUT2D eigenvalue weighted by molar-refractivity contribution is 0.102. The van der Waals surface area contributed by atoms with Gasteiger partial charge in [0.1, 0.15) is 11.6 Å². The highest BCUT2D eigenvalue weighted by Gasteiger charge is 2.21. The molecule has 2 heterocycles. The van der Waals surface area contributed by atoms with Gasteiger partial charge >= 0.3 is 0 Å². The molecule has 0 unspecified atom stereocenters. The van der Waals surface area contributed by atoms with Crippen molar-refractivity contribution in [1.29, 1.82) is 0 Å². The summed E-state index contributed by atoms with van der Waals surface area (Å²) in [6, 6.07) is 17.6. The molecule has 1 N–H and O–H groups in total. The van der Waals surface area contributed by atoms with Crippen LogP contribution in [0.4, 0.5) is 10.2 Å². The van der Waals surface area contributed by atoms with Crippen molar-refractivity contribution in [1.82, 2.24) is 14.5 Å². The van der Waals surface area contributed by atoms with E-state index in [0.29, 0.717) is 24.5 Å². The quantitative estimate of drug-likeness (QED) is 0.264. The van der Waals surface area contributed by atoms with E-state index in [0.717, 1.165) is 33.2 Å². The number of hydrogen-bond donors (Lipinski definition) is 1. The summed E-state index contributed by atoms with van der Waals surface area (Å²) in [7, 11) is 1.66. The van der Waals surface area contributed by atoms with Crippen molar-refractivity contribution in [3.63, 3.8) is 0 Å². The maximum absolute atomic E-state index is 13.6. The van der Waals surface area contributed by atoms with E-state index >= 15 is 0 Å². The first-order chi connectivity index (χ1) is 17.7. The van der Waals surface area contributed by atoms with Crippen LogP contribution >= 0.6 is 11.8 Å². The van der Waals surface area contributed by atoms with Gasteiger partial charge in [0, 0.05) is 36.5 Å². The monoisotopic (exact) mass is 518 g/mol. The van der Waals surface area contributed by atoms with E-state index in [1.54, 1.807) is 25.4 Å². The number of pyridine rings is 1. The summed E-state index contributed by atoms with van der Waals surface area (Å²) in [6.07, 6.45) is 3.63. The van der Waals surface area contributed by atoms with Crippen molar-refractivity contribution in [2.45, 2.75) is 37.9 Å². The fourth-order valence-electron chi connectivity index (χ4n) is 4.04. The Morgan fingerprint density at radius 2 is 1.76 bits per heavy atom. The van der Waals surface area contributed by atoms with Crippen LogP contribution in [0.5, 0.6) is 0 Å². The van der Waals surface area contributed by atoms with E-state index in [1.165, 1.54) is 23.9 Å². The summed E-state index contributed by atoms with van der Waals surface area (Å²) < 4.78 is 21.1. The number of amides is 1. The topological polar surface area (TPSA) is 69.0 Å². The molecular formula is C29H31FN4O2S. The maximum Gasteiger partial charge on any atom is 0.256 e. The second-order valence-electron chi connectivity index (χ2n) is 9.66.